The molecule has 0 radical (unpaired) electrons. The monoisotopic (exact) mass is 536 g/mol. The number of ether oxygens (including phenoxy) is 2. The van der Waals surface area contributed by atoms with Crippen LogP contribution in [0.25, 0.3) is 0 Å². The second-order valence-electron chi connectivity index (χ2n) is 9.32. The number of carbonyl (C=O) groups excluding carboxylic acids is 3. The molecule has 0 unspecified atom stereocenters. The molecule has 1 aliphatic heterocycles. The molecule has 212 valence electrons. The van der Waals surface area contributed by atoms with Crippen LogP contribution in [-0.2, 0) is 35.1 Å². The number of amides is 1. The molecule has 12 nitrogen and oxygen atoms in total. The fourth-order valence-corrected chi connectivity index (χ4v) is 4.26. The molecule has 0 spiro atoms. The molecule has 3 atom stereocenters. The highest BCUT2D eigenvalue weighted by Gasteiger charge is 2.37. The summed E-state index contributed by atoms with van der Waals surface area (Å²) in [5, 5.41) is 12.5. The maximum absolute atomic E-state index is 13.2. The summed E-state index contributed by atoms with van der Waals surface area (Å²) in [6.45, 7) is 5.24. The van der Waals surface area contributed by atoms with Gasteiger partial charge in [-0.2, -0.15) is 0 Å². The van der Waals surface area contributed by atoms with Gasteiger partial charge in [-0.25, -0.2) is 4.79 Å². The van der Waals surface area contributed by atoms with Crippen LogP contribution in [0.1, 0.15) is 38.7 Å². The molecule has 2 rings (SSSR count). The van der Waals surface area contributed by atoms with E-state index in [2.05, 4.69) is 10.2 Å². The number of esters is 2. The van der Waals surface area contributed by atoms with E-state index in [4.69, 9.17) is 9.47 Å². The molecular formula is C26H40N4O8. The van der Waals surface area contributed by atoms with Crippen LogP contribution in [0.3, 0.4) is 0 Å². The number of likely N-dealkylation sites (N-methyl/N-ethyl adjacent to an activating group) is 1. The number of benzene rings is 1. The maximum atomic E-state index is 13.2. The third kappa shape index (κ3) is 10.6. The van der Waals surface area contributed by atoms with Crippen LogP contribution in [-0.4, -0.2) is 97.9 Å². The highest BCUT2D eigenvalue weighted by Crippen LogP contribution is 2.20. The molecule has 1 saturated heterocycles. The summed E-state index contributed by atoms with van der Waals surface area (Å²) in [7, 11) is 1.74. The molecule has 0 saturated carbocycles. The van der Waals surface area contributed by atoms with Gasteiger partial charge in [0, 0.05) is 26.2 Å². The van der Waals surface area contributed by atoms with E-state index in [1.807, 2.05) is 30.3 Å². The van der Waals surface area contributed by atoms with Gasteiger partial charge in [-0.05, 0) is 52.1 Å². The Balaban J connectivity index is 1.83. The largest absolute Gasteiger partial charge is 0.466 e. The van der Waals surface area contributed by atoms with E-state index in [0.717, 1.165) is 5.56 Å². The van der Waals surface area contributed by atoms with Gasteiger partial charge in [-0.1, -0.05) is 30.3 Å². The number of nitrogens with zero attached hydrogens (tertiary/aromatic N) is 3. The van der Waals surface area contributed by atoms with E-state index in [9.17, 15) is 24.5 Å². The number of nitrogens with one attached hydrogen (secondary N) is 1. The lowest BCUT2D eigenvalue weighted by Gasteiger charge is -2.27. The van der Waals surface area contributed by atoms with Crippen LogP contribution in [0.15, 0.2) is 30.3 Å². The van der Waals surface area contributed by atoms with Crippen molar-refractivity contribution in [2.24, 2.45) is 5.92 Å². The minimum absolute atomic E-state index is 0.0729. The lowest BCUT2D eigenvalue weighted by molar-refractivity contribution is -0.757. The zero-order valence-corrected chi connectivity index (χ0v) is 22.5. The fraction of sp³-hybridized carbons (Fsp3) is 0.654. The molecule has 1 aromatic carbocycles. The lowest BCUT2D eigenvalue weighted by Crippen LogP contribution is -2.50. The average molecular weight is 537 g/mol. The van der Waals surface area contributed by atoms with Gasteiger partial charge in [0.2, 0.25) is 5.91 Å². The number of hydrogen-bond acceptors (Lipinski definition) is 10. The van der Waals surface area contributed by atoms with Gasteiger partial charge in [0.1, 0.15) is 19.3 Å². The molecule has 1 amide bonds. The molecule has 0 aliphatic carbocycles. The number of likely N-dealkylation sites (tertiary alicyclic amines) is 1. The van der Waals surface area contributed by atoms with Gasteiger partial charge in [0.25, 0.3) is 5.09 Å². The van der Waals surface area contributed by atoms with Crippen LogP contribution in [0.5, 0.6) is 0 Å². The Labute approximate surface area is 223 Å². The molecule has 0 aromatic heterocycles. The van der Waals surface area contributed by atoms with E-state index >= 15 is 0 Å². The van der Waals surface area contributed by atoms with Crippen molar-refractivity contribution in [1.82, 2.24) is 15.1 Å². The average Bonchev–Trinajstić information content (AvgIpc) is 3.38. The Morgan fingerprint density at radius 3 is 2.58 bits per heavy atom. The van der Waals surface area contributed by atoms with Crippen molar-refractivity contribution >= 4 is 17.8 Å². The highest BCUT2D eigenvalue weighted by molar-refractivity contribution is 5.88. The van der Waals surface area contributed by atoms with E-state index in [1.165, 1.54) is 4.90 Å². The van der Waals surface area contributed by atoms with Gasteiger partial charge >= 0.3 is 11.9 Å². The SMILES string of the molecule is CCOC(=O)[C@H](CCc1ccccc1)CN[C@@H](C)C(=O)N1CCC[C@@H]1C(=O)OCCN(C)CCO[N+](=O)[O-]. The molecule has 38 heavy (non-hydrogen) atoms. The molecule has 12 heteroatoms. The minimum Gasteiger partial charge on any atom is -0.466 e. The van der Waals surface area contributed by atoms with E-state index in [0.29, 0.717) is 45.3 Å². The molecule has 1 heterocycles. The van der Waals surface area contributed by atoms with Gasteiger partial charge in [-0.15, -0.1) is 10.1 Å². The zero-order valence-electron chi connectivity index (χ0n) is 22.5. The summed E-state index contributed by atoms with van der Waals surface area (Å²) in [6, 6.07) is 8.63. The predicted octanol–water partition coefficient (Wildman–Crippen LogP) is 1.45. The molecule has 0 bridgehead atoms. The third-order valence-electron chi connectivity index (χ3n) is 6.48. The van der Waals surface area contributed by atoms with E-state index in [1.54, 1.807) is 25.8 Å². The molecule has 1 N–H and O–H groups in total. The summed E-state index contributed by atoms with van der Waals surface area (Å²) in [5.41, 5.74) is 1.13. The molecule has 1 aromatic rings. The summed E-state index contributed by atoms with van der Waals surface area (Å²) in [5.74, 6) is -1.39. The molecule has 1 fully saturated rings. The van der Waals surface area contributed by atoms with Gasteiger partial charge in [-0.3, -0.25) is 9.59 Å². The van der Waals surface area contributed by atoms with E-state index in [-0.39, 0.29) is 38.2 Å². The number of aryl methyl sites for hydroxylation is 1. The first kappa shape index (κ1) is 31.0. The van der Waals surface area contributed by atoms with Crippen LogP contribution in [0.4, 0.5) is 0 Å². The summed E-state index contributed by atoms with van der Waals surface area (Å²) >= 11 is 0. The normalized spacial score (nSPS) is 16.6. The van der Waals surface area contributed by atoms with Crippen molar-refractivity contribution in [3.63, 3.8) is 0 Å². The fourth-order valence-electron chi connectivity index (χ4n) is 4.26. The Kier molecular flexibility index (Phi) is 13.5. The maximum Gasteiger partial charge on any atom is 0.328 e. The number of hydrogen-bond donors (Lipinski definition) is 1. The van der Waals surface area contributed by atoms with Crippen molar-refractivity contribution < 1.29 is 33.8 Å². The molecule has 1 aliphatic rings. The Morgan fingerprint density at radius 2 is 1.89 bits per heavy atom. The van der Waals surface area contributed by atoms with Crippen LogP contribution >= 0.6 is 0 Å². The summed E-state index contributed by atoms with van der Waals surface area (Å²) in [4.78, 5) is 56.2. The first-order valence-electron chi connectivity index (χ1n) is 13.1. The Hall–Kier alpha value is -3.25. The zero-order chi connectivity index (χ0) is 27.9. The predicted molar refractivity (Wildman–Crippen MR) is 138 cm³/mol. The first-order valence-corrected chi connectivity index (χ1v) is 13.1. The second kappa shape index (κ2) is 16.6. The lowest BCUT2D eigenvalue weighted by atomic mass is 9.99. The smallest absolute Gasteiger partial charge is 0.328 e. The van der Waals surface area contributed by atoms with Crippen LogP contribution < -0.4 is 5.32 Å². The number of rotatable bonds is 17. The Bertz CT molecular complexity index is 900. The second-order valence-corrected chi connectivity index (χ2v) is 9.32. The molecular weight excluding hydrogens is 496 g/mol. The van der Waals surface area contributed by atoms with Crippen molar-refractivity contribution in [2.45, 2.75) is 51.6 Å². The van der Waals surface area contributed by atoms with E-state index < -0.39 is 29.1 Å². The van der Waals surface area contributed by atoms with Crippen LogP contribution in [0.2, 0.25) is 0 Å². The van der Waals surface area contributed by atoms with Gasteiger partial charge in [0.15, 0.2) is 0 Å². The highest BCUT2D eigenvalue weighted by atomic mass is 16.9. The van der Waals surface area contributed by atoms with Crippen molar-refractivity contribution in [3.05, 3.63) is 46.0 Å². The van der Waals surface area contributed by atoms with Gasteiger partial charge in [0.05, 0.1) is 18.6 Å². The third-order valence-corrected chi connectivity index (χ3v) is 6.48. The van der Waals surface area contributed by atoms with Crippen molar-refractivity contribution in [1.29, 1.82) is 0 Å². The number of carbonyl (C=O) groups is 3. The standard InChI is InChI=1S/C26H40N4O8/c1-4-36-25(32)22(13-12-21-9-6-5-7-10-21)19-27-20(2)24(31)29-14-8-11-23(29)26(33)37-17-15-28(3)16-18-38-30(34)35/h5-7,9-10,20,22-23,27H,4,8,11-19H2,1-3H3/t20-,22+,23+/m0/s1. The minimum atomic E-state index is -0.850. The Morgan fingerprint density at radius 1 is 1.18 bits per heavy atom. The summed E-state index contributed by atoms with van der Waals surface area (Å²) < 4.78 is 10.6. The first-order chi connectivity index (χ1) is 18.2. The quantitative estimate of drug-likeness (QED) is 0.177. The van der Waals surface area contributed by atoms with Gasteiger partial charge < -0.3 is 29.4 Å². The topological polar surface area (TPSA) is 141 Å². The van der Waals surface area contributed by atoms with Crippen molar-refractivity contribution in [2.75, 3.05) is 53.0 Å². The van der Waals surface area contributed by atoms with Crippen LogP contribution in [0, 0.1) is 16.0 Å². The van der Waals surface area contributed by atoms with Crippen molar-refractivity contribution in [3.8, 4) is 0 Å². The summed E-state index contributed by atoms with van der Waals surface area (Å²) in [6.07, 6.45) is 2.51.